The van der Waals surface area contributed by atoms with Gasteiger partial charge in [-0.3, -0.25) is 4.79 Å². The Labute approximate surface area is 88.7 Å². The topological polar surface area (TPSA) is 61.8 Å². The Kier molecular flexibility index (Phi) is 5.58. The van der Waals surface area contributed by atoms with Gasteiger partial charge < -0.3 is 14.2 Å². The second kappa shape index (κ2) is 7.09. The van der Waals surface area contributed by atoms with Crippen molar-refractivity contribution in [2.24, 2.45) is 0 Å². The second-order valence-electron chi connectivity index (χ2n) is 3.33. The molecular formula is C10H16O5. The molecule has 2 heterocycles. The molecule has 2 saturated heterocycles. The number of ether oxygens (including phenoxy) is 3. The maximum Gasteiger partial charge on any atom is 0.508 e. The van der Waals surface area contributed by atoms with E-state index in [9.17, 15) is 9.59 Å². The number of rotatable bonds is 0. The van der Waals surface area contributed by atoms with Crippen LogP contribution >= 0.6 is 0 Å². The average Bonchev–Trinajstić information content (AvgIpc) is 2.48. The highest BCUT2D eigenvalue weighted by molar-refractivity contribution is 5.69. The third-order valence-electron chi connectivity index (χ3n) is 2.02. The van der Waals surface area contributed by atoms with Gasteiger partial charge in [-0.05, 0) is 19.3 Å². The minimum absolute atomic E-state index is 0.0255. The van der Waals surface area contributed by atoms with Gasteiger partial charge in [0.25, 0.3) is 0 Å². The van der Waals surface area contributed by atoms with E-state index in [1.165, 1.54) is 0 Å². The van der Waals surface area contributed by atoms with E-state index < -0.39 is 6.16 Å². The van der Waals surface area contributed by atoms with Gasteiger partial charge in [0, 0.05) is 12.8 Å². The van der Waals surface area contributed by atoms with Gasteiger partial charge in [0.05, 0.1) is 19.8 Å². The van der Waals surface area contributed by atoms with Crippen molar-refractivity contribution in [1.82, 2.24) is 0 Å². The van der Waals surface area contributed by atoms with Gasteiger partial charge in [0.15, 0.2) is 0 Å². The SMILES string of the molecule is O=C1CCCCCO1.O=C1OCCCO1. The normalized spacial score (nSPS) is 21.1. The van der Waals surface area contributed by atoms with Crippen molar-refractivity contribution in [1.29, 1.82) is 0 Å². The molecule has 0 radical (unpaired) electrons. The number of cyclic esters (lactones) is 3. The lowest BCUT2D eigenvalue weighted by atomic mass is 10.2. The van der Waals surface area contributed by atoms with Crippen molar-refractivity contribution < 1.29 is 23.8 Å². The van der Waals surface area contributed by atoms with Crippen LogP contribution in [0.5, 0.6) is 0 Å². The molecule has 0 spiro atoms. The average molecular weight is 216 g/mol. The molecule has 0 aliphatic carbocycles. The number of hydrogen-bond donors (Lipinski definition) is 0. The summed E-state index contributed by atoms with van der Waals surface area (Å²) in [5.41, 5.74) is 0. The molecule has 0 N–H and O–H groups in total. The Hall–Kier alpha value is -1.26. The van der Waals surface area contributed by atoms with Gasteiger partial charge >= 0.3 is 12.1 Å². The van der Waals surface area contributed by atoms with Crippen LogP contribution in [0.2, 0.25) is 0 Å². The van der Waals surface area contributed by atoms with E-state index in [2.05, 4.69) is 9.47 Å². The highest BCUT2D eigenvalue weighted by Gasteiger charge is 2.07. The summed E-state index contributed by atoms with van der Waals surface area (Å²) < 4.78 is 13.6. The zero-order valence-corrected chi connectivity index (χ0v) is 8.70. The molecule has 0 aromatic rings. The second-order valence-corrected chi connectivity index (χ2v) is 3.33. The quantitative estimate of drug-likeness (QED) is 0.576. The van der Waals surface area contributed by atoms with Crippen LogP contribution in [0.4, 0.5) is 4.79 Å². The van der Waals surface area contributed by atoms with Gasteiger partial charge in [-0.25, -0.2) is 4.79 Å². The van der Waals surface area contributed by atoms with Crippen LogP contribution in [0.1, 0.15) is 32.1 Å². The lowest BCUT2D eigenvalue weighted by Gasteiger charge is -2.09. The van der Waals surface area contributed by atoms with Crippen molar-refractivity contribution in [2.45, 2.75) is 32.1 Å². The Morgan fingerprint density at radius 3 is 2.00 bits per heavy atom. The van der Waals surface area contributed by atoms with Gasteiger partial charge in [0.1, 0.15) is 0 Å². The molecule has 15 heavy (non-hydrogen) atoms. The van der Waals surface area contributed by atoms with Crippen LogP contribution < -0.4 is 0 Å². The fourth-order valence-electron chi connectivity index (χ4n) is 1.22. The molecule has 0 atom stereocenters. The van der Waals surface area contributed by atoms with E-state index in [0.717, 1.165) is 25.7 Å². The molecular weight excluding hydrogens is 200 g/mol. The molecule has 2 aliphatic heterocycles. The Morgan fingerprint density at radius 2 is 1.40 bits per heavy atom. The fraction of sp³-hybridized carbons (Fsp3) is 0.800. The predicted molar refractivity (Wildman–Crippen MR) is 51.3 cm³/mol. The van der Waals surface area contributed by atoms with Crippen molar-refractivity contribution in [3.63, 3.8) is 0 Å². The van der Waals surface area contributed by atoms with Gasteiger partial charge in [0.2, 0.25) is 0 Å². The van der Waals surface area contributed by atoms with E-state index in [0.29, 0.717) is 26.2 Å². The summed E-state index contributed by atoms with van der Waals surface area (Å²) in [5, 5.41) is 0. The molecule has 5 nitrogen and oxygen atoms in total. The van der Waals surface area contributed by atoms with E-state index in [1.807, 2.05) is 0 Å². The largest absolute Gasteiger partial charge is 0.508 e. The highest BCUT2D eigenvalue weighted by Crippen LogP contribution is 2.06. The van der Waals surface area contributed by atoms with Crippen LogP contribution in [0.25, 0.3) is 0 Å². The van der Waals surface area contributed by atoms with Crippen LogP contribution in [0, 0.1) is 0 Å². The van der Waals surface area contributed by atoms with E-state index in [4.69, 9.17) is 4.74 Å². The van der Waals surface area contributed by atoms with Crippen LogP contribution in [0.3, 0.4) is 0 Å². The molecule has 2 rings (SSSR count). The maximum absolute atomic E-state index is 10.5. The predicted octanol–water partition coefficient (Wildman–Crippen LogP) is 1.65. The summed E-state index contributed by atoms with van der Waals surface area (Å²) in [4.78, 5) is 20.5. The van der Waals surface area contributed by atoms with E-state index in [-0.39, 0.29) is 5.97 Å². The smallest absolute Gasteiger partial charge is 0.466 e. The first-order valence-corrected chi connectivity index (χ1v) is 5.24. The first kappa shape index (κ1) is 11.8. The van der Waals surface area contributed by atoms with E-state index >= 15 is 0 Å². The molecule has 2 aliphatic rings. The summed E-state index contributed by atoms with van der Waals surface area (Å²) in [6, 6.07) is 0. The summed E-state index contributed by atoms with van der Waals surface area (Å²) in [6.07, 6.45) is 4.12. The highest BCUT2D eigenvalue weighted by atomic mass is 16.7. The number of esters is 1. The molecule has 86 valence electrons. The lowest BCUT2D eigenvalue weighted by Crippen LogP contribution is -2.16. The zero-order chi connectivity index (χ0) is 10.9. The fourth-order valence-corrected chi connectivity index (χ4v) is 1.22. The molecule has 0 aromatic carbocycles. The van der Waals surface area contributed by atoms with Crippen LogP contribution in [-0.2, 0) is 19.0 Å². The van der Waals surface area contributed by atoms with Gasteiger partial charge in [-0.2, -0.15) is 0 Å². The van der Waals surface area contributed by atoms with E-state index in [1.54, 1.807) is 0 Å². The maximum atomic E-state index is 10.5. The third-order valence-corrected chi connectivity index (χ3v) is 2.02. The number of carbonyl (C=O) groups excluding carboxylic acids is 2. The Balaban J connectivity index is 0.000000151. The minimum Gasteiger partial charge on any atom is -0.466 e. The number of carbonyl (C=O) groups is 2. The monoisotopic (exact) mass is 216 g/mol. The molecule has 5 heteroatoms. The molecule has 0 amide bonds. The molecule has 0 saturated carbocycles. The van der Waals surface area contributed by atoms with Gasteiger partial charge in [-0.1, -0.05) is 0 Å². The first-order chi connectivity index (χ1) is 7.29. The zero-order valence-electron chi connectivity index (χ0n) is 8.70. The molecule has 0 bridgehead atoms. The van der Waals surface area contributed by atoms with Crippen LogP contribution in [-0.4, -0.2) is 31.9 Å². The standard InChI is InChI=1S/C6H10O2.C4H6O3/c7-6-4-2-1-3-5-8-6;5-4-6-2-1-3-7-4/h1-5H2;1-3H2. The van der Waals surface area contributed by atoms with Crippen LogP contribution in [0.15, 0.2) is 0 Å². The Bertz CT molecular complexity index is 196. The van der Waals surface area contributed by atoms with Crippen molar-refractivity contribution in [3.05, 3.63) is 0 Å². The minimum atomic E-state index is -0.536. The number of hydrogen-bond acceptors (Lipinski definition) is 5. The Morgan fingerprint density at radius 1 is 0.733 bits per heavy atom. The molecule has 0 aromatic heterocycles. The molecule has 2 fully saturated rings. The van der Waals surface area contributed by atoms with Crippen molar-refractivity contribution >= 4 is 12.1 Å². The molecule has 0 unspecified atom stereocenters. The van der Waals surface area contributed by atoms with Crippen molar-refractivity contribution in [2.75, 3.05) is 19.8 Å². The third kappa shape index (κ3) is 5.93. The summed E-state index contributed by atoms with van der Waals surface area (Å²) in [7, 11) is 0. The summed E-state index contributed by atoms with van der Waals surface area (Å²) in [5.74, 6) is -0.0255. The van der Waals surface area contributed by atoms with Gasteiger partial charge in [-0.15, -0.1) is 0 Å². The lowest BCUT2D eigenvalue weighted by molar-refractivity contribution is -0.142. The van der Waals surface area contributed by atoms with Crippen molar-refractivity contribution in [3.8, 4) is 0 Å². The summed E-state index contributed by atoms with van der Waals surface area (Å²) in [6.45, 7) is 1.66. The summed E-state index contributed by atoms with van der Waals surface area (Å²) >= 11 is 0. The first-order valence-electron chi connectivity index (χ1n) is 5.24.